The van der Waals surface area contributed by atoms with Crippen LogP contribution < -0.4 is 10.1 Å². The maximum atomic E-state index is 5.90. The molecule has 1 N–H and O–H groups in total. The molecule has 21 heavy (non-hydrogen) atoms. The van der Waals surface area contributed by atoms with Gasteiger partial charge >= 0.3 is 0 Å². The average Bonchev–Trinajstić information content (AvgIpc) is 2.45. The van der Waals surface area contributed by atoms with Gasteiger partial charge in [0.05, 0.1) is 0 Å². The van der Waals surface area contributed by atoms with Crippen molar-refractivity contribution >= 4 is 15.9 Å². The van der Waals surface area contributed by atoms with Gasteiger partial charge in [-0.1, -0.05) is 22.9 Å². The van der Waals surface area contributed by atoms with E-state index in [1.165, 1.54) is 5.56 Å². The minimum Gasteiger partial charge on any atom is -0.439 e. The van der Waals surface area contributed by atoms with Gasteiger partial charge in [-0.25, -0.2) is 4.98 Å². The Bertz CT molecular complexity index is 605. The number of aryl methyl sites for hydroxylation is 2. The van der Waals surface area contributed by atoms with Crippen molar-refractivity contribution in [2.75, 3.05) is 6.54 Å². The molecule has 1 heterocycles. The highest BCUT2D eigenvalue weighted by molar-refractivity contribution is 9.10. The van der Waals surface area contributed by atoms with Gasteiger partial charge < -0.3 is 10.1 Å². The predicted molar refractivity (Wildman–Crippen MR) is 90.0 cm³/mol. The van der Waals surface area contributed by atoms with Crippen molar-refractivity contribution < 1.29 is 4.74 Å². The molecule has 0 aliphatic heterocycles. The molecule has 112 valence electrons. The number of nitrogens with zero attached hydrogens (tertiary/aromatic N) is 1. The van der Waals surface area contributed by atoms with Crippen LogP contribution >= 0.6 is 15.9 Å². The SMILES string of the molecule is CCNC(C)c1ccnc(Oc2cc(C)c(Br)c(C)c2)c1. The van der Waals surface area contributed by atoms with Crippen LogP contribution in [0.1, 0.15) is 36.6 Å². The Hall–Kier alpha value is -1.39. The number of ether oxygens (including phenoxy) is 1. The standard InChI is InChI=1S/C17H21BrN2O/c1-5-19-13(4)14-6-7-20-16(10-14)21-15-8-11(2)17(18)12(3)9-15/h6-10,13,19H,5H2,1-4H3. The Morgan fingerprint density at radius 2 is 1.90 bits per heavy atom. The molecule has 0 spiro atoms. The maximum absolute atomic E-state index is 5.90. The zero-order valence-electron chi connectivity index (χ0n) is 12.9. The van der Waals surface area contributed by atoms with E-state index in [2.05, 4.69) is 53.9 Å². The Balaban J connectivity index is 2.22. The van der Waals surface area contributed by atoms with Crippen LogP contribution in [-0.2, 0) is 0 Å². The van der Waals surface area contributed by atoms with E-state index in [0.717, 1.165) is 27.9 Å². The molecule has 1 unspecified atom stereocenters. The molecule has 1 aromatic carbocycles. The highest BCUT2D eigenvalue weighted by atomic mass is 79.9. The second kappa shape index (κ2) is 7.05. The Morgan fingerprint density at radius 1 is 1.24 bits per heavy atom. The van der Waals surface area contributed by atoms with Gasteiger partial charge in [-0.2, -0.15) is 0 Å². The van der Waals surface area contributed by atoms with E-state index >= 15 is 0 Å². The first kappa shape index (κ1) is 16.0. The normalized spacial score (nSPS) is 12.2. The van der Waals surface area contributed by atoms with Crippen molar-refractivity contribution in [1.82, 2.24) is 10.3 Å². The number of pyridine rings is 1. The molecular weight excluding hydrogens is 328 g/mol. The van der Waals surface area contributed by atoms with Crippen LogP contribution in [0.4, 0.5) is 0 Å². The van der Waals surface area contributed by atoms with E-state index in [0.29, 0.717) is 5.88 Å². The van der Waals surface area contributed by atoms with Crippen LogP contribution in [0.15, 0.2) is 34.9 Å². The lowest BCUT2D eigenvalue weighted by Gasteiger charge is -2.14. The quantitative estimate of drug-likeness (QED) is 0.832. The van der Waals surface area contributed by atoms with Crippen molar-refractivity contribution in [2.45, 2.75) is 33.7 Å². The number of hydrogen-bond donors (Lipinski definition) is 1. The summed E-state index contributed by atoms with van der Waals surface area (Å²) in [4.78, 5) is 4.30. The van der Waals surface area contributed by atoms with Crippen molar-refractivity contribution in [3.05, 3.63) is 51.6 Å². The fourth-order valence-corrected chi connectivity index (χ4v) is 2.49. The summed E-state index contributed by atoms with van der Waals surface area (Å²) in [6.07, 6.45) is 1.79. The molecule has 2 rings (SSSR count). The summed E-state index contributed by atoms with van der Waals surface area (Å²) in [5.74, 6) is 1.44. The van der Waals surface area contributed by atoms with Gasteiger partial charge in [0.25, 0.3) is 0 Å². The van der Waals surface area contributed by atoms with Gasteiger partial charge in [-0.3, -0.25) is 0 Å². The minimum atomic E-state index is 0.286. The van der Waals surface area contributed by atoms with Crippen molar-refractivity contribution in [2.24, 2.45) is 0 Å². The van der Waals surface area contributed by atoms with Crippen molar-refractivity contribution in [1.29, 1.82) is 0 Å². The van der Waals surface area contributed by atoms with E-state index in [4.69, 9.17) is 4.74 Å². The van der Waals surface area contributed by atoms with E-state index < -0.39 is 0 Å². The lowest BCUT2D eigenvalue weighted by atomic mass is 10.1. The van der Waals surface area contributed by atoms with Crippen LogP contribution in [0.2, 0.25) is 0 Å². The molecule has 2 aromatic rings. The molecule has 0 fully saturated rings. The molecule has 1 aromatic heterocycles. The molecule has 0 bridgehead atoms. The van der Waals surface area contributed by atoms with Crippen molar-refractivity contribution in [3.63, 3.8) is 0 Å². The van der Waals surface area contributed by atoms with E-state index in [1.54, 1.807) is 6.20 Å². The lowest BCUT2D eigenvalue weighted by Crippen LogP contribution is -2.17. The summed E-state index contributed by atoms with van der Waals surface area (Å²) in [6.45, 7) is 9.28. The average molecular weight is 349 g/mol. The third-order valence-corrected chi connectivity index (χ3v) is 4.65. The molecule has 0 aliphatic carbocycles. The van der Waals surface area contributed by atoms with Gasteiger partial charge in [0, 0.05) is 22.8 Å². The number of benzene rings is 1. The highest BCUT2D eigenvalue weighted by Crippen LogP contribution is 2.29. The van der Waals surface area contributed by atoms with Crippen LogP contribution in [0.3, 0.4) is 0 Å². The topological polar surface area (TPSA) is 34.2 Å². The van der Waals surface area contributed by atoms with Crippen LogP contribution in [0.25, 0.3) is 0 Å². The Morgan fingerprint density at radius 3 is 2.52 bits per heavy atom. The fraction of sp³-hybridized carbons (Fsp3) is 0.353. The summed E-state index contributed by atoms with van der Waals surface area (Å²) in [5.41, 5.74) is 3.48. The number of hydrogen-bond acceptors (Lipinski definition) is 3. The van der Waals surface area contributed by atoms with Crippen molar-refractivity contribution in [3.8, 4) is 11.6 Å². The van der Waals surface area contributed by atoms with Gasteiger partial charge in [0.15, 0.2) is 0 Å². The van der Waals surface area contributed by atoms with Gasteiger partial charge in [-0.05, 0) is 62.2 Å². The van der Waals surface area contributed by atoms with Gasteiger partial charge in [-0.15, -0.1) is 0 Å². The molecule has 0 saturated heterocycles. The van der Waals surface area contributed by atoms with E-state index in [9.17, 15) is 0 Å². The van der Waals surface area contributed by atoms with E-state index in [1.807, 2.05) is 24.3 Å². The summed E-state index contributed by atoms with van der Waals surface area (Å²) >= 11 is 3.57. The molecule has 3 nitrogen and oxygen atoms in total. The molecule has 0 amide bonds. The molecule has 4 heteroatoms. The number of aromatic nitrogens is 1. The first-order chi connectivity index (χ1) is 10.0. The van der Waals surface area contributed by atoms with Gasteiger partial charge in [0.2, 0.25) is 5.88 Å². The third kappa shape index (κ3) is 4.05. The zero-order valence-corrected chi connectivity index (χ0v) is 14.5. The fourth-order valence-electron chi connectivity index (χ4n) is 2.26. The molecule has 0 radical (unpaired) electrons. The molecule has 0 saturated carbocycles. The first-order valence-corrected chi connectivity index (χ1v) is 7.94. The first-order valence-electron chi connectivity index (χ1n) is 7.15. The van der Waals surface area contributed by atoms with E-state index in [-0.39, 0.29) is 6.04 Å². The minimum absolute atomic E-state index is 0.286. The maximum Gasteiger partial charge on any atom is 0.219 e. The third-order valence-electron chi connectivity index (χ3n) is 3.40. The number of halogens is 1. The smallest absolute Gasteiger partial charge is 0.219 e. The monoisotopic (exact) mass is 348 g/mol. The Kier molecular flexibility index (Phi) is 5.37. The predicted octanol–water partition coefficient (Wildman–Crippen LogP) is 4.92. The highest BCUT2D eigenvalue weighted by Gasteiger charge is 2.08. The summed E-state index contributed by atoms with van der Waals surface area (Å²) < 4.78 is 7.03. The number of rotatable bonds is 5. The lowest BCUT2D eigenvalue weighted by molar-refractivity contribution is 0.459. The molecule has 0 aliphatic rings. The zero-order chi connectivity index (χ0) is 15.4. The second-order valence-corrected chi connectivity index (χ2v) is 5.97. The summed E-state index contributed by atoms with van der Waals surface area (Å²) in [5, 5.41) is 3.39. The van der Waals surface area contributed by atoms with Crippen LogP contribution in [0.5, 0.6) is 11.6 Å². The van der Waals surface area contributed by atoms with Gasteiger partial charge in [0.1, 0.15) is 5.75 Å². The van der Waals surface area contributed by atoms with Crippen LogP contribution in [0, 0.1) is 13.8 Å². The molecular formula is C17H21BrN2O. The molecule has 1 atom stereocenters. The largest absolute Gasteiger partial charge is 0.439 e. The Labute approximate surface area is 134 Å². The summed E-state index contributed by atoms with van der Waals surface area (Å²) in [6, 6.07) is 8.31. The second-order valence-electron chi connectivity index (χ2n) is 5.18. The summed E-state index contributed by atoms with van der Waals surface area (Å²) in [7, 11) is 0. The van der Waals surface area contributed by atoms with Crippen LogP contribution in [-0.4, -0.2) is 11.5 Å². The number of nitrogens with one attached hydrogen (secondary N) is 1.